The highest BCUT2D eigenvalue weighted by Gasteiger charge is 2.12. The van der Waals surface area contributed by atoms with Crippen LogP contribution in [0.4, 0.5) is 4.39 Å². The molecule has 4 nitrogen and oxygen atoms in total. The molecule has 0 unspecified atom stereocenters. The second kappa shape index (κ2) is 4.45. The van der Waals surface area contributed by atoms with Gasteiger partial charge in [0.05, 0.1) is 13.7 Å². The van der Waals surface area contributed by atoms with Crippen LogP contribution in [0.1, 0.15) is 17.4 Å². The van der Waals surface area contributed by atoms with Crippen LogP contribution in [-0.2, 0) is 4.74 Å². The lowest BCUT2D eigenvalue weighted by Crippen LogP contribution is -2.04. The fraction of sp³-hybridized carbons (Fsp3) is 0.250. The van der Waals surface area contributed by atoms with Gasteiger partial charge in [0, 0.05) is 17.0 Å². The molecule has 0 aliphatic heterocycles. The molecule has 0 saturated carbocycles. The van der Waals surface area contributed by atoms with E-state index in [0.717, 1.165) is 0 Å². The fourth-order valence-corrected chi connectivity index (χ4v) is 1.61. The number of aromatic amines is 1. The van der Waals surface area contributed by atoms with Crippen LogP contribution in [0.3, 0.4) is 0 Å². The Labute approximate surface area is 97.3 Å². The van der Waals surface area contributed by atoms with Crippen molar-refractivity contribution in [3.8, 4) is 5.75 Å². The highest BCUT2D eigenvalue weighted by molar-refractivity contribution is 5.95. The number of esters is 1. The number of benzene rings is 1. The number of hydrogen-bond donors (Lipinski definition) is 1. The molecule has 0 amide bonds. The van der Waals surface area contributed by atoms with Crippen LogP contribution in [0, 0.1) is 5.82 Å². The van der Waals surface area contributed by atoms with Crippen LogP contribution >= 0.6 is 0 Å². The highest BCUT2D eigenvalue weighted by atomic mass is 19.1. The number of H-pyrrole nitrogens is 1. The molecule has 2 aromatic rings. The Morgan fingerprint density at radius 2 is 2.18 bits per heavy atom. The standard InChI is InChI=1S/C12H12FNO3/c1-3-17-12(15)10-4-7-5-11(16-2)8(13)6-9(7)14-10/h4-6,14H,3H2,1-2H3. The third-order valence-corrected chi connectivity index (χ3v) is 2.39. The summed E-state index contributed by atoms with van der Waals surface area (Å²) in [5.74, 6) is -0.785. The first kappa shape index (κ1) is 11.4. The minimum Gasteiger partial charge on any atom is -0.494 e. The van der Waals surface area contributed by atoms with Gasteiger partial charge in [0.25, 0.3) is 0 Å². The van der Waals surface area contributed by atoms with Gasteiger partial charge in [-0.15, -0.1) is 0 Å². The molecule has 1 heterocycles. The maximum Gasteiger partial charge on any atom is 0.354 e. The molecule has 5 heteroatoms. The lowest BCUT2D eigenvalue weighted by molar-refractivity contribution is 0.0520. The second-order valence-electron chi connectivity index (χ2n) is 3.48. The Bertz CT molecular complexity index is 562. The van der Waals surface area contributed by atoms with Crippen LogP contribution in [0.2, 0.25) is 0 Å². The first-order valence-electron chi connectivity index (χ1n) is 5.19. The van der Waals surface area contributed by atoms with Gasteiger partial charge in [0.15, 0.2) is 11.6 Å². The van der Waals surface area contributed by atoms with Crippen LogP contribution in [0.15, 0.2) is 18.2 Å². The molecule has 90 valence electrons. The average Bonchev–Trinajstić information content (AvgIpc) is 2.71. The molecule has 0 radical (unpaired) electrons. The van der Waals surface area contributed by atoms with Crippen molar-refractivity contribution in [2.24, 2.45) is 0 Å². The number of carbonyl (C=O) groups is 1. The molecule has 0 saturated heterocycles. The number of hydrogen-bond acceptors (Lipinski definition) is 3. The van der Waals surface area contributed by atoms with Crippen LogP contribution in [-0.4, -0.2) is 24.7 Å². The summed E-state index contributed by atoms with van der Waals surface area (Å²) >= 11 is 0. The minimum absolute atomic E-state index is 0.145. The Balaban J connectivity index is 2.47. The largest absolute Gasteiger partial charge is 0.494 e. The maximum atomic E-state index is 13.4. The van der Waals surface area contributed by atoms with E-state index >= 15 is 0 Å². The first-order valence-corrected chi connectivity index (χ1v) is 5.19. The molecular weight excluding hydrogens is 225 g/mol. The summed E-state index contributed by atoms with van der Waals surface area (Å²) in [6, 6.07) is 4.43. The molecule has 2 rings (SSSR count). The van der Waals surface area contributed by atoms with E-state index in [-0.39, 0.29) is 5.75 Å². The van der Waals surface area contributed by atoms with Crippen molar-refractivity contribution < 1.29 is 18.7 Å². The normalized spacial score (nSPS) is 10.5. The van der Waals surface area contributed by atoms with E-state index in [2.05, 4.69) is 4.98 Å². The molecule has 17 heavy (non-hydrogen) atoms. The van der Waals surface area contributed by atoms with Gasteiger partial charge in [0.2, 0.25) is 0 Å². The topological polar surface area (TPSA) is 51.3 Å². The fourth-order valence-electron chi connectivity index (χ4n) is 1.61. The number of rotatable bonds is 3. The molecule has 0 bridgehead atoms. The van der Waals surface area contributed by atoms with Crippen LogP contribution in [0.5, 0.6) is 5.75 Å². The number of nitrogens with one attached hydrogen (secondary N) is 1. The monoisotopic (exact) mass is 237 g/mol. The third-order valence-electron chi connectivity index (χ3n) is 2.39. The Morgan fingerprint density at radius 3 is 2.82 bits per heavy atom. The van der Waals surface area contributed by atoms with Gasteiger partial charge in [-0.05, 0) is 19.1 Å². The second-order valence-corrected chi connectivity index (χ2v) is 3.48. The quantitative estimate of drug-likeness (QED) is 0.834. The predicted octanol–water partition coefficient (Wildman–Crippen LogP) is 2.49. The number of fused-ring (bicyclic) bond motifs is 1. The third kappa shape index (κ3) is 2.08. The van der Waals surface area contributed by atoms with Crippen LogP contribution in [0.25, 0.3) is 10.9 Å². The van der Waals surface area contributed by atoms with Crippen molar-refractivity contribution in [2.75, 3.05) is 13.7 Å². The highest BCUT2D eigenvalue weighted by Crippen LogP contribution is 2.25. The smallest absolute Gasteiger partial charge is 0.354 e. The number of carbonyl (C=O) groups excluding carboxylic acids is 1. The zero-order valence-corrected chi connectivity index (χ0v) is 9.54. The van der Waals surface area contributed by atoms with Crippen molar-refractivity contribution >= 4 is 16.9 Å². The van der Waals surface area contributed by atoms with Gasteiger partial charge >= 0.3 is 5.97 Å². The number of aromatic nitrogens is 1. The van der Waals surface area contributed by atoms with E-state index in [9.17, 15) is 9.18 Å². The van der Waals surface area contributed by atoms with Crippen molar-refractivity contribution in [2.45, 2.75) is 6.92 Å². The summed E-state index contributed by atoms with van der Waals surface area (Å²) in [5, 5.41) is 0.700. The summed E-state index contributed by atoms with van der Waals surface area (Å²) in [6.45, 7) is 2.02. The molecule has 0 atom stereocenters. The van der Waals surface area contributed by atoms with Crippen molar-refractivity contribution in [3.05, 3.63) is 29.7 Å². The lowest BCUT2D eigenvalue weighted by Gasteiger charge is -2.00. The summed E-state index contributed by atoms with van der Waals surface area (Å²) < 4.78 is 23.1. The van der Waals surface area contributed by atoms with E-state index in [0.29, 0.717) is 23.2 Å². The average molecular weight is 237 g/mol. The molecule has 1 aromatic carbocycles. The van der Waals surface area contributed by atoms with Gasteiger partial charge in [-0.1, -0.05) is 0 Å². The van der Waals surface area contributed by atoms with Gasteiger partial charge in [-0.25, -0.2) is 9.18 Å². The number of ether oxygens (including phenoxy) is 2. The van der Waals surface area contributed by atoms with E-state index in [1.165, 1.54) is 19.2 Å². The molecule has 0 fully saturated rings. The Kier molecular flexibility index (Phi) is 2.99. The SMILES string of the molecule is CCOC(=O)c1cc2cc(OC)c(F)cc2[nH]1. The van der Waals surface area contributed by atoms with E-state index in [4.69, 9.17) is 9.47 Å². The lowest BCUT2D eigenvalue weighted by atomic mass is 10.2. The maximum absolute atomic E-state index is 13.4. The van der Waals surface area contributed by atoms with Crippen LogP contribution < -0.4 is 4.74 Å². The van der Waals surface area contributed by atoms with Gasteiger partial charge < -0.3 is 14.5 Å². The van der Waals surface area contributed by atoms with E-state index in [1.807, 2.05) is 0 Å². The zero-order chi connectivity index (χ0) is 12.4. The van der Waals surface area contributed by atoms with Crippen molar-refractivity contribution in [3.63, 3.8) is 0 Å². The molecule has 1 N–H and O–H groups in total. The number of halogens is 1. The molecular formula is C12H12FNO3. The number of methoxy groups -OCH3 is 1. The predicted molar refractivity (Wildman–Crippen MR) is 60.8 cm³/mol. The van der Waals surface area contributed by atoms with Gasteiger partial charge in [-0.2, -0.15) is 0 Å². The summed E-state index contributed by atoms with van der Waals surface area (Å²) in [6.07, 6.45) is 0. The first-order chi connectivity index (χ1) is 8.15. The zero-order valence-electron chi connectivity index (χ0n) is 9.54. The summed E-state index contributed by atoms with van der Waals surface area (Å²) in [5.41, 5.74) is 0.834. The molecule has 0 aliphatic rings. The summed E-state index contributed by atoms with van der Waals surface area (Å²) in [7, 11) is 1.39. The van der Waals surface area contributed by atoms with Gasteiger partial charge in [-0.3, -0.25) is 0 Å². The van der Waals surface area contributed by atoms with Crippen molar-refractivity contribution in [1.82, 2.24) is 4.98 Å². The summed E-state index contributed by atoms with van der Waals surface area (Å²) in [4.78, 5) is 14.3. The molecule has 0 spiro atoms. The Hall–Kier alpha value is -2.04. The van der Waals surface area contributed by atoms with Gasteiger partial charge in [0.1, 0.15) is 5.69 Å². The van der Waals surface area contributed by atoms with E-state index in [1.54, 1.807) is 13.0 Å². The minimum atomic E-state index is -0.475. The molecule has 0 aliphatic carbocycles. The Morgan fingerprint density at radius 1 is 1.41 bits per heavy atom. The van der Waals surface area contributed by atoms with E-state index < -0.39 is 11.8 Å². The van der Waals surface area contributed by atoms with Crippen molar-refractivity contribution in [1.29, 1.82) is 0 Å². The molecule has 1 aromatic heterocycles.